The van der Waals surface area contributed by atoms with E-state index in [9.17, 15) is 9.59 Å². The van der Waals surface area contributed by atoms with Gasteiger partial charge in [-0.3, -0.25) is 4.79 Å². The first-order valence-electron chi connectivity index (χ1n) is 10.1. The van der Waals surface area contributed by atoms with E-state index in [1.807, 2.05) is 0 Å². The van der Waals surface area contributed by atoms with Gasteiger partial charge >= 0.3 is 5.97 Å². The van der Waals surface area contributed by atoms with Crippen LogP contribution in [-0.2, 0) is 9.53 Å². The zero-order valence-corrected chi connectivity index (χ0v) is 20.0. The molecule has 1 amide bonds. The SMILES string of the molecule is COc1ccc(-c2nnc(C(C)OC(=O)[C@@H](NC(=O)c3ccc(Cl)cc3Cl)C(C)C)o2)cc1. The number of aromatic nitrogens is 2. The summed E-state index contributed by atoms with van der Waals surface area (Å²) in [6.45, 7) is 5.18. The van der Waals surface area contributed by atoms with Gasteiger partial charge in [-0.05, 0) is 55.3 Å². The predicted octanol–water partition coefficient (Wildman–Crippen LogP) is 5.11. The molecule has 0 aliphatic rings. The second kappa shape index (κ2) is 10.7. The zero-order chi connectivity index (χ0) is 24.1. The Morgan fingerprint density at radius 3 is 2.33 bits per heavy atom. The average molecular weight is 492 g/mol. The summed E-state index contributed by atoms with van der Waals surface area (Å²) in [6.07, 6.45) is -0.825. The van der Waals surface area contributed by atoms with Gasteiger partial charge in [0, 0.05) is 10.6 Å². The number of benzene rings is 2. The van der Waals surface area contributed by atoms with Gasteiger partial charge < -0.3 is 19.2 Å². The molecule has 1 unspecified atom stereocenters. The Morgan fingerprint density at radius 2 is 1.73 bits per heavy atom. The molecule has 3 aromatic rings. The smallest absolute Gasteiger partial charge is 0.329 e. The van der Waals surface area contributed by atoms with Gasteiger partial charge in [-0.1, -0.05) is 37.0 Å². The largest absolute Gasteiger partial charge is 0.497 e. The van der Waals surface area contributed by atoms with Gasteiger partial charge in [0.1, 0.15) is 11.8 Å². The third kappa shape index (κ3) is 6.03. The first-order chi connectivity index (χ1) is 15.7. The number of hydrogen-bond acceptors (Lipinski definition) is 7. The van der Waals surface area contributed by atoms with Gasteiger partial charge in [-0.15, -0.1) is 10.2 Å². The average Bonchev–Trinajstić information content (AvgIpc) is 3.27. The number of halogens is 2. The van der Waals surface area contributed by atoms with Crippen molar-refractivity contribution in [2.45, 2.75) is 32.9 Å². The Morgan fingerprint density at radius 1 is 1.03 bits per heavy atom. The van der Waals surface area contributed by atoms with E-state index in [2.05, 4.69) is 15.5 Å². The lowest BCUT2D eigenvalue weighted by Gasteiger charge is -2.22. The second-order valence-corrected chi connectivity index (χ2v) is 8.42. The molecule has 0 saturated heterocycles. The second-order valence-electron chi connectivity index (χ2n) is 7.57. The Kier molecular flexibility index (Phi) is 7.94. The van der Waals surface area contributed by atoms with Crippen molar-refractivity contribution in [2.75, 3.05) is 7.11 Å². The molecule has 0 spiro atoms. The van der Waals surface area contributed by atoms with E-state index < -0.39 is 24.0 Å². The minimum absolute atomic E-state index is 0.128. The van der Waals surface area contributed by atoms with Gasteiger partial charge in [-0.2, -0.15) is 0 Å². The lowest BCUT2D eigenvalue weighted by molar-refractivity contribution is -0.153. The molecule has 3 rings (SSSR count). The van der Waals surface area contributed by atoms with Crippen LogP contribution in [0.2, 0.25) is 10.0 Å². The Balaban J connectivity index is 1.68. The number of methoxy groups -OCH3 is 1. The highest BCUT2D eigenvalue weighted by atomic mass is 35.5. The molecule has 1 aromatic heterocycles. The van der Waals surface area contributed by atoms with Crippen LogP contribution in [0.3, 0.4) is 0 Å². The molecular weight excluding hydrogens is 469 g/mol. The predicted molar refractivity (Wildman–Crippen MR) is 123 cm³/mol. The Labute approximate surface area is 201 Å². The van der Waals surface area contributed by atoms with Gasteiger partial charge in [0.15, 0.2) is 6.10 Å². The van der Waals surface area contributed by atoms with Crippen LogP contribution >= 0.6 is 23.2 Å². The van der Waals surface area contributed by atoms with E-state index in [0.29, 0.717) is 16.3 Å². The van der Waals surface area contributed by atoms with Crippen LogP contribution < -0.4 is 10.1 Å². The Hall–Kier alpha value is -3.10. The summed E-state index contributed by atoms with van der Waals surface area (Å²) in [7, 11) is 1.58. The number of ether oxygens (including phenoxy) is 2. The number of nitrogens with zero attached hydrogens (tertiary/aromatic N) is 2. The summed E-state index contributed by atoms with van der Waals surface area (Å²) in [4.78, 5) is 25.5. The summed E-state index contributed by atoms with van der Waals surface area (Å²) in [5.41, 5.74) is 0.897. The molecule has 0 aliphatic heterocycles. The normalized spacial score (nSPS) is 12.8. The fourth-order valence-electron chi connectivity index (χ4n) is 2.94. The van der Waals surface area contributed by atoms with Gasteiger partial charge in [0.05, 0.1) is 17.7 Å². The molecule has 0 fully saturated rings. The molecule has 0 bridgehead atoms. The number of carbonyl (C=O) groups excluding carboxylic acids is 2. The number of amides is 1. The maximum Gasteiger partial charge on any atom is 0.329 e. The van der Waals surface area contributed by atoms with Crippen LogP contribution in [0.15, 0.2) is 46.9 Å². The minimum atomic E-state index is -0.921. The maximum absolute atomic E-state index is 12.8. The van der Waals surface area contributed by atoms with Crippen LogP contribution in [0.1, 0.15) is 43.1 Å². The molecule has 1 heterocycles. The summed E-state index contributed by atoms with van der Waals surface area (Å²) in [6, 6.07) is 10.7. The summed E-state index contributed by atoms with van der Waals surface area (Å²) in [5.74, 6) is -0.301. The van der Waals surface area contributed by atoms with Gasteiger partial charge in [0.2, 0.25) is 5.89 Å². The van der Waals surface area contributed by atoms with Crippen molar-refractivity contribution in [1.82, 2.24) is 15.5 Å². The number of carbonyl (C=O) groups is 2. The quantitative estimate of drug-likeness (QED) is 0.436. The van der Waals surface area contributed by atoms with Crippen LogP contribution in [0.5, 0.6) is 5.75 Å². The van der Waals surface area contributed by atoms with Crippen molar-refractivity contribution in [3.05, 3.63) is 64.0 Å². The van der Waals surface area contributed by atoms with Crippen molar-refractivity contribution in [3.63, 3.8) is 0 Å². The molecule has 2 aromatic carbocycles. The molecule has 0 aliphatic carbocycles. The van der Waals surface area contributed by atoms with Crippen molar-refractivity contribution >= 4 is 35.1 Å². The lowest BCUT2D eigenvalue weighted by Crippen LogP contribution is -2.45. The molecular formula is C23H23Cl2N3O5. The molecule has 1 N–H and O–H groups in total. The maximum atomic E-state index is 12.8. The van der Waals surface area contributed by atoms with E-state index in [1.54, 1.807) is 58.2 Å². The van der Waals surface area contributed by atoms with Crippen molar-refractivity contribution < 1.29 is 23.5 Å². The summed E-state index contributed by atoms with van der Waals surface area (Å²) < 4.78 is 16.3. The highest BCUT2D eigenvalue weighted by Gasteiger charge is 2.30. The highest BCUT2D eigenvalue weighted by Crippen LogP contribution is 2.25. The third-order valence-electron chi connectivity index (χ3n) is 4.80. The summed E-state index contributed by atoms with van der Waals surface area (Å²) >= 11 is 12.0. The lowest BCUT2D eigenvalue weighted by atomic mass is 10.0. The molecule has 2 atom stereocenters. The van der Waals surface area contributed by atoms with E-state index in [-0.39, 0.29) is 28.3 Å². The van der Waals surface area contributed by atoms with Gasteiger partial charge in [0.25, 0.3) is 11.8 Å². The fourth-order valence-corrected chi connectivity index (χ4v) is 3.43. The monoisotopic (exact) mass is 491 g/mol. The van der Waals surface area contributed by atoms with Crippen LogP contribution in [0.4, 0.5) is 0 Å². The summed E-state index contributed by atoms with van der Waals surface area (Å²) in [5, 5.41) is 11.2. The van der Waals surface area contributed by atoms with Crippen LogP contribution in [0, 0.1) is 5.92 Å². The van der Waals surface area contributed by atoms with E-state index in [0.717, 1.165) is 0 Å². The number of nitrogens with one attached hydrogen (secondary N) is 1. The van der Waals surface area contributed by atoms with E-state index in [1.165, 1.54) is 12.1 Å². The first-order valence-corrected chi connectivity index (χ1v) is 10.9. The molecule has 10 heteroatoms. The molecule has 8 nitrogen and oxygen atoms in total. The standard InChI is InChI=1S/C23H23Cl2N3O5/c1-12(2)19(26-20(29)17-10-7-15(24)11-18(17)25)23(30)32-13(3)21-27-28-22(33-21)14-5-8-16(31-4)9-6-14/h5-13,19H,1-4H3,(H,26,29)/t13?,19-/m0/s1. The molecule has 0 saturated carbocycles. The molecule has 174 valence electrons. The van der Waals surface area contributed by atoms with Gasteiger partial charge in [-0.25, -0.2) is 4.79 Å². The number of rotatable bonds is 8. The van der Waals surface area contributed by atoms with Crippen LogP contribution in [0.25, 0.3) is 11.5 Å². The number of hydrogen-bond donors (Lipinski definition) is 1. The fraction of sp³-hybridized carbons (Fsp3) is 0.304. The van der Waals surface area contributed by atoms with Crippen molar-refractivity contribution in [1.29, 1.82) is 0 Å². The van der Waals surface area contributed by atoms with E-state index in [4.69, 9.17) is 37.1 Å². The number of esters is 1. The topological polar surface area (TPSA) is 104 Å². The van der Waals surface area contributed by atoms with Crippen LogP contribution in [-0.4, -0.2) is 35.2 Å². The minimum Gasteiger partial charge on any atom is -0.497 e. The molecule has 33 heavy (non-hydrogen) atoms. The Bertz CT molecular complexity index is 1130. The zero-order valence-electron chi connectivity index (χ0n) is 18.5. The molecule has 0 radical (unpaired) electrons. The van der Waals surface area contributed by atoms with Crippen molar-refractivity contribution in [2.24, 2.45) is 5.92 Å². The third-order valence-corrected chi connectivity index (χ3v) is 5.35. The first kappa shape index (κ1) is 24.5. The van der Waals surface area contributed by atoms with E-state index >= 15 is 0 Å². The highest BCUT2D eigenvalue weighted by molar-refractivity contribution is 6.36. The van der Waals surface area contributed by atoms with Crippen molar-refractivity contribution in [3.8, 4) is 17.2 Å².